The SMILES string of the molecule is CC(C)(C)OC(CCl)CCO. The Labute approximate surface area is 73.5 Å². The van der Waals surface area contributed by atoms with E-state index in [9.17, 15) is 0 Å². The summed E-state index contributed by atoms with van der Waals surface area (Å²) in [7, 11) is 0. The van der Waals surface area contributed by atoms with Crippen LogP contribution < -0.4 is 0 Å². The summed E-state index contributed by atoms with van der Waals surface area (Å²) < 4.78 is 5.54. The van der Waals surface area contributed by atoms with E-state index in [1.807, 2.05) is 20.8 Å². The van der Waals surface area contributed by atoms with Gasteiger partial charge in [-0.2, -0.15) is 0 Å². The van der Waals surface area contributed by atoms with Crippen LogP contribution in [0.1, 0.15) is 27.2 Å². The molecule has 1 atom stereocenters. The van der Waals surface area contributed by atoms with Gasteiger partial charge in [0.05, 0.1) is 11.7 Å². The number of hydrogen-bond donors (Lipinski definition) is 1. The maximum absolute atomic E-state index is 8.63. The lowest BCUT2D eigenvalue weighted by molar-refractivity contribution is -0.0571. The third-order valence-electron chi connectivity index (χ3n) is 1.14. The third-order valence-corrected chi connectivity index (χ3v) is 1.49. The van der Waals surface area contributed by atoms with E-state index in [-0.39, 0.29) is 18.3 Å². The van der Waals surface area contributed by atoms with Crippen LogP contribution in [-0.2, 0) is 4.74 Å². The summed E-state index contributed by atoms with van der Waals surface area (Å²) in [5, 5.41) is 8.63. The van der Waals surface area contributed by atoms with E-state index < -0.39 is 0 Å². The fourth-order valence-corrected chi connectivity index (χ4v) is 1.03. The van der Waals surface area contributed by atoms with Gasteiger partial charge in [0.2, 0.25) is 0 Å². The lowest BCUT2D eigenvalue weighted by Gasteiger charge is -2.25. The molecule has 0 rings (SSSR count). The summed E-state index contributed by atoms with van der Waals surface area (Å²) in [6, 6.07) is 0. The standard InChI is InChI=1S/C8H17ClO2/c1-8(2,3)11-7(6-9)4-5-10/h7,10H,4-6H2,1-3H3. The molecule has 0 fully saturated rings. The Hall–Kier alpha value is 0.210. The Kier molecular flexibility index (Phi) is 5.06. The van der Waals surface area contributed by atoms with Crippen molar-refractivity contribution in [2.75, 3.05) is 12.5 Å². The first-order valence-corrected chi connectivity index (χ1v) is 4.37. The predicted molar refractivity (Wildman–Crippen MR) is 47.0 cm³/mol. The van der Waals surface area contributed by atoms with E-state index in [0.717, 1.165) is 0 Å². The number of ether oxygens (including phenoxy) is 1. The summed E-state index contributed by atoms with van der Waals surface area (Å²) in [5.41, 5.74) is -0.172. The van der Waals surface area contributed by atoms with Gasteiger partial charge in [-0.05, 0) is 27.2 Å². The van der Waals surface area contributed by atoms with E-state index in [0.29, 0.717) is 12.3 Å². The number of aliphatic hydroxyl groups is 1. The molecule has 11 heavy (non-hydrogen) atoms. The van der Waals surface area contributed by atoms with E-state index in [4.69, 9.17) is 21.4 Å². The van der Waals surface area contributed by atoms with Gasteiger partial charge < -0.3 is 9.84 Å². The zero-order valence-electron chi connectivity index (χ0n) is 7.43. The maximum atomic E-state index is 8.63. The minimum Gasteiger partial charge on any atom is -0.396 e. The molecule has 0 radical (unpaired) electrons. The largest absolute Gasteiger partial charge is 0.396 e. The highest BCUT2D eigenvalue weighted by atomic mass is 35.5. The van der Waals surface area contributed by atoms with Gasteiger partial charge in [0.1, 0.15) is 0 Å². The predicted octanol–water partition coefficient (Wildman–Crippen LogP) is 1.79. The molecule has 2 nitrogen and oxygen atoms in total. The zero-order valence-corrected chi connectivity index (χ0v) is 8.19. The van der Waals surface area contributed by atoms with Crippen molar-refractivity contribution in [1.82, 2.24) is 0 Å². The molecule has 0 bridgehead atoms. The molecule has 0 spiro atoms. The average molecular weight is 181 g/mol. The topological polar surface area (TPSA) is 29.5 Å². The smallest absolute Gasteiger partial charge is 0.0739 e. The fraction of sp³-hybridized carbons (Fsp3) is 1.00. The normalized spacial score (nSPS) is 15.0. The second-order valence-corrected chi connectivity index (χ2v) is 3.83. The second kappa shape index (κ2) is 4.96. The van der Waals surface area contributed by atoms with Crippen LogP contribution in [0.25, 0.3) is 0 Å². The van der Waals surface area contributed by atoms with Crippen molar-refractivity contribution < 1.29 is 9.84 Å². The minimum atomic E-state index is -0.172. The van der Waals surface area contributed by atoms with Crippen LogP contribution in [0.5, 0.6) is 0 Å². The van der Waals surface area contributed by atoms with Crippen LogP contribution in [0, 0.1) is 0 Å². The van der Waals surface area contributed by atoms with Crippen LogP contribution in [0.3, 0.4) is 0 Å². The van der Waals surface area contributed by atoms with Gasteiger partial charge in [-0.25, -0.2) is 0 Å². The molecule has 0 aliphatic carbocycles. The van der Waals surface area contributed by atoms with Gasteiger partial charge in [0.25, 0.3) is 0 Å². The van der Waals surface area contributed by atoms with Crippen LogP contribution in [0.15, 0.2) is 0 Å². The lowest BCUT2D eigenvalue weighted by Crippen LogP contribution is -2.29. The molecule has 0 aliphatic heterocycles. The van der Waals surface area contributed by atoms with Crippen molar-refractivity contribution in [2.24, 2.45) is 0 Å². The Morgan fingerprint density at radius 1 is 1.45 bits per heavy atom. The van der Waals surface area contributed by atoms with E-state index >= 15 is 0 Å². The minimum absolute atomic E-state index is 0.0262. The number of rotatable bonds is 4. The highest BCUT2D eigenvalue weighted by Gasteiger charge is 2.17. The summed E-state index contributed by atoms with van der Waals surface area (Å²) in [5.74, 6) is 0.442. The van der Waals surface area contributed by atoms with Gasteiger partial charge in [-0.15, -0.1) is 11.6 Å². The summed E-state index contributed by atoms with van der Waals surface area (Å²) >= 11 is 5.62. The lowest BCUT2D eigenvalue weighted by atomic mass is 10.1. The van der Waals surface area contributed by atoms with Gasteiger partial charge in [-0.3, -0.25) is 0 Å². The molecule has 0 amide bonds. The number of alkyl halides is 1. The molecule has 0 saturated carbocycles. The van der Waals surface area contributed by atoms with E-state index in [2.05, 4.69) is 0 Å². The van der Waals surface area contributed by atoms with Crippen molar-refractivity contribution in [2.45, 2.75) is 38.9 Å². The number of halogens is 1. The fourth-order valence-electron chi connectivity index (χ4n) is 0.812. The summed E-state index contributed by atoms with van der Waals surface area (Å²) in [6.45, 7) is 6.06. The Morgan fingerprint density at radius 2 is 2.00 bits per heavy atom. The highest BCUT2D eigenvalue weighted by Crippen LogP contribution is 2.13. The first-order chi connectivity index (χ1) is 4.99. The summed E-state index contributed by atoms with van der Waals surface area (Å²) in [4.78, 5) is 0. The maximum Gasteiger partial charge on any atom is 0.0739 e. The van der Waals surface area contributed by atoms with Gasteiger partial charge in [0, 0.05) is 12.5 Å². The van der Waals surface area contributed by atoms with Crippen molar-refractivity contribution >= 4 is 11.6 Å². The third kappa shape index (κ3) is 6.60. The van der Waals surface area contributed by atoms with Crippen LogP contribution >= 0.6 is 11.6 Å². The van der Waals surface area contributed by atoms with Gasteiger partial charge in [0.15, 0.2) is 0 Å². The second-order valence-electron chi connectivity index (χ2n) is 3.52. The molecule has 0 aromatic carbocycles. The molecule has 0 saturated heterocycles. The average Bonchev–Trinajstić information content (AvgIpc) is 1.84. The Balaban J connectivity index is 3.68. The molecule has 0 aromatic rings. The van der Waals surface area contributed by atoms with Crippen molar-refractivity contribution in [1.29, 1.82) is 0 Å². The Morgan fingerprint density at radius 3 is 2.27 bits per heavy atom. The monoisotopic (exact) mass is 180 g/mol. The molecule has 1 unspecified atom stereocenters. The first-order valence-electron chi connectivity index (χ1n) is 3.84. The van der Waals surface area contributed by atoms with Crippen molar-refractivity contribution in [3.05, 3.63) is 0 Å². The van der Waals surface area contributed by atoms with E-state index in [1.165, 1.54) is 0 Å². The molecule has 68 valence electrons. The summed E-state index contributed by atoms with van der Waals surface area (Å²) in [6.07, 6.45) is 0.586. The number of aliphatic hydroxyl groups excluding tert-OH is 1. The van der Waals surface area contributed by atoms with Crippen LogP contribution in [0.4, 0.5) is 0 Å². The first kappa shape index (κ1) is 11.2. The molecule has 1 N–H and O–H groups in total. The van der Waals surface area contributed by atoms with Crippen LogP contribution in [-0.4, -0.2) is 29.3 Å². The molecular formula is C8H17ClO2. The Bertz CT molecular complexity index is 98.8. The van der Waals surface area contributed by atoms with Gasteiger partial charge >= 0.3 is 0 Å². The zero-order chi connectivity index (χ0) is 8.91. The molecule has 0 aliphatic rings. The molecule has 0 heterocycles. The molecule has 0 aromatic heterocycles. The van der Waals surface area contributed by atoms with E-state index in [1.54, 1.807) is 0 Å². The molecule has 3 heteroatoms. The van der Waals surface area contributed by atoms with Crippen molar-refractivity contribution in [3.63, 3.8) is 0 Å². The molecular weight excluding hydrogens is 164 g/mol. The van der Waals surface area contributed by atoms with Crippen LogP contribution in [0.2, 0.25) is 0 Å². The highest BCUT2D eigenvalue weighted by molar-refractivity contribution is 6.18. The van der Waals surface area contributed by atoms with Crippen molar-refractivity contribution in [3.8, 4) is 0 Å². The quantitative estimate of drug-likeness (QED) is 0.669. The van der Waals surface area contributed by atoms with Gasteiger partial charge in [-0.1, -0.05) is 0 Å². The number of hydrogen-bond acceptors (Lipinski definition) is 2.